The van der Waals surface area contributed by atoms with Crippen LogP contribution in [0.15, 0.2) is 41.6 Å². The molecule has 0 aromatic heterocycles. The molecule has 1 atom stereocenters. The van der Waals surface area contributed by atoms with Crippen molar-refractivity contribution in [1.82, 2.24) is 4.90 Å². The molecule has 2 aromatic carbocycles. The average Bonchev–Trinajstić information content (AvgIpc) is 2.90. The molecule has 0 N–H and O–H groups in total. The van der Waals surface area contributed by atoms with Crippen LogP contribution in [0, 0.1) is 5.41 Å². The lowest BCUT2D eigenvalue weighted by Gasteiger charge is -2.46. The van der Waals surface area contributed by atoms with E-state index in [0.29, 0.717) is 42.6 Å². The lowest BCUT2D eigenvalue weighted by Crippen LogP contribution is -2.40. The summed E-state index contributed by atoms with van der Waals surface area (Å²) in [6.45, 7) is 6.14. The van der Waals surface area contributed by atoms with Gasteiger partial charge in [-0.2, -0.15) is 0 Å². The van der Waals surface area contributed by atoms with E-state index in [0.717, 1.165) is 53.2 Å². The summed E-state index contributed by atoms with van der Waals surface area (Å²) >= 11 is 0. The molecule has 0 unspecified atom stereocenters. The molecule has 7 heteroatoms. The van der Waals surface area contributed by atoms with Gasteiger partial charge < -0.3 is 28.6 Å². The summed E-state index contributed by atoms with van der Waals surface area (Å²) in [5.41, 5.74) is 6.28. The second kappa shape index (κ2) is 8.75. The van der Waals surface area contributed by atoms with E-state index in [9.17, 15) is 4.79 Å². The van der Waals surface area contributed by atoms with Crippen molar-refractivity contribution in [3.63, 3.8) is 0 Å². The topological polar surface area (TPSA) is 66.5 Å². The standard InChI is InChI=1S/C30H33NO6/c1-30(2)15-22-28(23(32)16-30)20(18-11-26(35-5)29-27(12-18)36-8-9-37-29)13-21-19-14-25(34-4)24(33-3)10-17(19)6-7-31(21)22/h10-14,20H,6-9,15-16H2,1-5H3/t20-/m1/s1. The Hall–Kier alpha value is -3.61. The zero-order valence-corrected chi connectivity index (χ0v) is 22.1. The SMILES string of the molecule is COc1cc2c(cc1OC)C1=C[C@H](c3cc(OC)c4c(c3)OCCO4)C3=C(CC(C)(C)CC3=O)N1CC2. The maximum Gasteiger partial charge on any atom is 0.203 e. The van der Waals surface area contributed by atoms with Gasteiger partial charge in [-0.25, -0.2) is 0 Å². The number of carbonyl (C=O) groups excluding carboxylic acids is 1. The third-order valence-electron chi connectivity index (χ3n) is 7.85. The summed E-state index contributed by atoms with van der Waals surface area (Å²) in [5.74, 6) is 3.30. The molecule has 6 rings (SSSR count). The molecule has 0 saturated carbocycles. The van der Waals surface area contributed by atoms with Gasteiger partial charge in [-0.15, -0.1) is 0 Å². The quantitative estimate of drug-likeness (QED) is 0.574. The van der Waals surface area contributed by atoms with Gasteiger partial charge in [-0.1, -0.05) is 13.8 Å². The minimum absolute atomic E-state index is 0.106. The Morgan fingerprint density at radius 2 is 1.65 bits per heavy atom. The maximum atomic E-state index is 13.7. The number of ether oxygens (including phenoxy) is 5. The first-order chi connectivity index (χ1) is 17.8. The first-order valence-corrected chi connectivity index (χ1v) is 12.8. The number of rotatable bonds is 4. The predicted molar refractivity (Wildman–Crippen MR) is 140 cm³/mol. The number of hydrogen-bond acceptors (Lipinski definition) is 7. The predicted octanol–water partition coefficient (Wildman–Crippen LogP) is 5.12. The highest BCUT2D eigenvalue weighted by molar-refractivity contribution is 6.01. The zero-order valence-electron chi connectivity index (χ0n) is 22.1. The molecule has 0 spiro atoms. The van der Waals surface area contributed by atoms with Crippen molar-refractivity contribution in [2.24, 2.45) is 5.41 Å². The average molecular weight is 504 g/mol. The van der Waals surface area contributed by atoms with E-state index in [1.807, 2.05) is 12.1 Å². The van der Waals surface area contributed by atoms with E-state index >= 15 is 0 Å². The lowest BCUT2D eigenvalue weighted by molar-refractivity contribution is -0.118. The van der Waals surface area contributed by atoms with Crippen molar-refractivity contribution in [1.29, 1.82) is 0 Å². The van der Waals surface area contributed by atoms with Crippen molar-refractivity contribution in [3.05, 3.63) is 58.3 Å². The van der Waals surface area contributed by atoms with Crippen molar-refractivity contribution in [2.75, 3.05) is 41.1 Å². The van der Waals surface area contributed by atoms with Gasteiger partial charge in [0.2, 0.25) is 5.75 Å². The highest BCUT2D eigenvalue weighted by Gasteiger charge is 2.43. The molecule has 2 aromatic rings. The Bertz CT molecular complexity index is 1340. The van der Waals surface area contributed by atoms with Gasteiger partial charge in [0.15, 0.2) is 28.8 Å². The Kier molecular flexibility index (Phi) is 5.62. The fourth-order valence-electron chi connectivity index (χ4n) is 6.20. The normalized spacial score (nSPS) is 21.4. The fraction of sp³-hybridized carbons (Fsp3) is 0.433. The molecule has 37 heavy (non-hydrogen) atoms. The molecule has 0 bridgehead atoms. The van der Waals surface area contributed by atoms with Gasteiger partial charge in [-0.05, 0) is 59.7 Å². The highest BCUT2D eigenvalue weighted by atomic mass is 16.6. The summed E-state index contributed by atoms with van der Waals surface area (Å²) in [4.78, 5) is 16.1. The van der Waals surface area contributed by atoms with Crippen molar-refractivity contribution >= 4 is 11.5 Å². The number of methoxy groups -OCH3 is 3. The maximum absolute atomic E-state index is 13.7. The largest absolute Gasteiger partial charge is 0.493 e. The van der Waals surface area contributed by atoms with E-state index in [1.165, 1.54) is 5.56 Å². The van der Waals surface area contributed by atoms with Gasteiger partial charge in [0, 0.05) is 41.4 Å². The summed E-state index contributed by atoms with van der Waals surface area (Å²) in [7, 11) is 4.96. The first kappa shape index (κ1) is 23.8. The highest BCUT2D eigenvalue weighted by Crippen LogP contribution is 2.52. The number of Topliss-reactive ketones (excluding diaryl/α,β-unsaturated/α-hetero) is 1. The molecule has 7 nitrogen and oxygen atoms in total. The van der Waals surface area contributed by atoms with Gasteiger partial charge in [0.25, 0.3) is 0 Å². The van der Waals surface area contributed by atoms with Crippen LogP contribution in [-0.2, 0) is 11.2 Å². The summed E-state index contributed by atoms with van der Waals surface area (Å²) < 4.78 is 28.7. The van der Waals surface area contributed by atoms with E-state index in [2.05, 4.69) is 37.0 Å². The number of nitrogens with zero attached hydrogens (tertiary/aromatic N) is 1. The van der Waals surface area contributed by atoms with Crippen LogP contribution in [0.1, 0.15) is 49.3 Å². The minimum Gasteiger partial charge on any atom is -0.493 e. The molecule has 1 aliphatic carbocycles. The monoisotopic (exact) mass is 503 g/mol. The smallest absolute Gasteiger partial charge is 0.203 e. The van der Waals surface area contributed by atoms with E-state index in [-0.39, 0.29) is 17.1 Å². The number of hydrogen-bond donors (Lipinski definition) is 0. The number of ketones is 1. The van der Waals surface area contributed by atoms with Crippen LogP contribution in [0.5, 0.6) is 28.7 Å². The lowest BCUT2D eigenvalue weighted by atomic mass is 9.69. The van der Waals surface area contributed by atoms with Crippen LogP contribution in [-0.4, -0.2) is 51.8 Å². The van der Waals surface area contributed by atoms with Crippen molar-refractivity contribution in [2.45, 2.75) is 39.0 Å². The summed E-state index contributed by atoms with van der Waals surface area (Å²) in [5, 5.41) is 0. The van der Waals surface area contributed by atoms with E-state index < -0.39 is 0 Å². The Morgan fingerprint density at radius 1 is 0.919 bits per heavy atom. The minimum atomic E-state index is -0.228. The van der Waals surface area contributed by atoms with Crippen molar-refractivity contribution in [3.8, 4) is 28.7 Å². The molecule has 3 aliphatic heterocycles. The molecule has 0 saturated heterocycles. The molecule has 3 heterocycles. The molecule has 0 fully saturated rings. The third-order valence-corrected chi connectivity index (χ3v) is 7.85. The third kappa shape index (κ3) is 3.83. The van der Waals surface area contributed by atoms with Gasteiger partial charge in [-0.3, -0.25) is 4.79 Å². The number of benzene rings is 2. The van der Waals surface area contributed by atoms with Gasteiger partial charge in [0.05, 0.1) is 21.3 Å². The Morgan fingerprint density at radius 3 is 2.41 bits per heavy atom. The second-order valence-electron chi connectivity index (χ2n) is 10.8. The molecule has 0 radical (unpaired) electrons. The summed E-state index contributed by atoms with van der Waals surface area (Å²) in [6.07, 6.45) is 4.46. The van der Waals surface area contributed by atoms with Crippen LogP contribution in [0.25, 0.3) is 5.70 Å². The van der Waals surface area contributed by atoms with Crippen LogP contribution in [0.4, 0.5) is 0 Å². The molecular weight excluding hydrogens is 470 g/mol. The van der Waals surface area contributed by atoms with Crippen LogP contribution in [0.3, 0.4) is 0 Å². The number of allylic oxidation sites excluding steroid dienone is 3. The number of carbonyl (C=O) groups is 1. The van der Waals surface area contributed by atoms with Crippen LogP contribution in [0.2, 0.25) is 0 Å². The molecular formula is C30H33NO6. The van der Waals surface area contributed by atoms with Gasteiger partial charge >= 0.3 is 0 Å². The summed E-state index contributed by atoms with van der Waals surface area (Å²) in [6, 6.07) is 8.13. The van der Waals surface area contributed by atoms with Crippen LogP contribution < -0.4 is 23.7 Å². The second-order valence-corrected chi connectivity index (χ2v) is 10.8. The molecule has 0 amide bonds. The Balaban J connectivity index is 1.56. The fourth-order valence-corrected chi connectivity index (χ4v) is 6.20. The van der Waals surface area contributed by atoms with E-state index in [4.69, 9.17) is 23.7 Å². The van der Waals surface area contributed by atoms with Crippen molar-refractivity contribution < 1.29 is 28.5 Å². The molecule has 194 valence electrons. The molecule has 4 aliphatic rings. The Labute approximate surface area is 217 Å². The van der Waals surface area contributed by atoms with E-state index in [1.54, 1.807) is 21.3 Å². The van der Waals surface area contributed by atoms with Gasteiger partial charge in [0.1, 0.15) is 13.2 Å². The number of fused-ring (bicyclic) bond motifs is 5. The van der Waals surface area contributed by atoms with Crippen LogP contribution >= 0.6 is 0 Å². The zero-order chi connectivity index (χ0) is 25.9. The first-order valence-electron chi connectivity index (χ1n) is 12.8.